The summed E-state index contributed by atoms with van der Waals surface area (Å²) in [5.74, 6) is 0. The van der Waals surface area contributed by atoms with E-state index in [1.54, 1.807) is 11.3 Å². The highest BCUT2D eigenvalue weighted by Crippen LogP contribution is 2.23. The van der Waals surface area contributed by atoms with E-state index >= 15 is 0 Å². The number of hydrogen-bond acceptors (Lipinski definition) is 2. The molecule has 0 aliphatic carbocycles. The summed E-state index contributed by atoms with van der Waals surface area (Å²) in [4.78, 5) is 12.7. The molecule has 66 valence electrons. The van der Waals surface area contributed by atoms with Crippen LogP contribution in [0.1, 0.15) is 4.88 Å². The zero-order valence-corrected chi connectivity index (χ0v) is 9.41. The molecule has 0 aliphatic rings. The first-order valence-corrected chi connectivity index (χ1v) is 5.49. The average molecular weight is 255 g/mol. The minimum absolute atomic E-state index is 0.0897. The molecule has 0 radical (unpaired) electrons. The number of aryl methyl sites for hydroxylation is 1. The zero-order chi connectivity index (χ0) is 9.42. The van der Waals surface area contributed by atoms with Gasteiger partial charge in [0, 0.05) is 15.0 Å². The molecule has 13 heavy (non-hydrogen) atoms. The van der Waals surface area contributed by atoms with E-state index in [1.165, 1.54) is 0 Å². The van der Waals surface area contributed by atoms with Gasteiger partial charge in [0.1, 0.15) is 0 Å². The molecule has 0 N–H and O–H groups in total. The highest BCUT2D eigenvalue weighted by molar-refractivity contribution is 9.10. The van der Waals surface area contributed by atoms with E-state index in [1.807, 2.05) is 31.2 Å². The minimum atomic E-state index is 0.0897. The first kappa shape index (κ1) is 8.91. The number of hydrogen-bond donors (Lipinski definition) is 0. The van der Waals surface area contributed by atoms with Gasteiger partial charge in [0.05, 0.1) is 4.47 Å². The van der Waals surface area contributed by atoms with Gasteiger partial charge in [-0.25, -0.2) is 0 Å². The van der Waals surface area contributed by atoms with E-state index in [4.69, 9.17) is 0 Å². The van der Waals surface area contributed by atoms with Crippen LogP contribution >= 0.6 is 27.3 Å². The predicted octanol–water partition coefficient (Wildman–Crippen LogP) is 3.33. The summed E-state index contributed by atoms with van der Waals surface area (Å²) in [6.45, 7) is 1.95. The van der Waals surface area contributed by atoms with Crippen molar-refractivity contribution in [1.29, 1.82) is 0 Å². The molecule has 0 atom stereocenters. The Morgan fingerprint density at radius 1 is 1.31 bits per heavy atom. The molecule has 1 heterocycles. The molecule has 0 bridgehead atoms. The van der Waals surface area contributed by atoms with Crippen LogP contribution in [-0.2, 0) is 0 Å². The van der Waals surface area contributed by atoms with Crippen LogP contribution < -0.4 is 5.43 Å². The van der Waals surface area contributed by atoms with Gasteiger partial charge in [-0.1, -0.05) is 12.1 Å². The van der Waals surface area contributed by atoms with Crippen LogP contribution in [0.25, 0.3) is 10.1 Å². The van der Waals surface area contributed by atoms with E-state index in [9.17, 15) is 4.79 Å². The van der Waals surface area contributed by atoms with Gasteiger partial charge in [0.15, 0.2) is 0 Å². The summed E-state index contributed by atoms with van der Waals surface area (Å²) in [5, 5.41) is 0.796. The molecule has 1 nitrogen and oxygen atoms in total. The van der Waals surface area contributed by atoms with Gasteiger partial charge in [-0.05, 0) is 35.0 Å². The molecule has 3 heteroatoms. The van der Waals surface area contributed by atoms with Crippen LogP contribution in [0.3, 0.4) is 0 Å². The molecular formula is C10H7BrOS. The third-order valence-corrected chi connectivity index (χ3v) is 4.21. The lowest BCUT2D eigenvalue weighted by molar-refractivity contribution is 1.51. The van der Waals surface area contributed by atoms with Crippen LogP contribution in [-0.4, -0.2) is 0 Å². The molecule has 0 unspecified atom stereocenters. The Labute approximate surface area is 88.2 Å². The topological polar surface area (TPSA) is 17.1 Å². The molecule has 2 rings (SSSR count). The Kier molecular flexibility index (Phi) is 2.22. The molecule has 0 amide bonds. The fraction of sp³-hybridized carbons (Fsp3) is 0.100. The number of benzene rings is 1. The summed E-state index contributed by atoms with van der Waals surface area (Å²) < 4.78 is 1.74. The first-order valence-electron chi connectivity index (χ1n) is 3.88. The van der Waals surface area contributed by atoms with Crippen LogP contribution in [0.2, 0.25) is 0 Å². The van der Waals surface area contributed by atoms with Crippen molar-refractivity contribution in [3.63, 3.8) is 0 Å². The lowest BCUT2D eigenvalue weighted by atomic mass is 10.2. The van der Waals surface area contributed by atoms with Gasteiger partial charge in [-0.2, -0.15) is 0 Å². The van der Waals surface area contributed by atoms with Crippen molar-refractivity contribution in [3.8, 4) is 0 Å². The fourth-order valence-corrected chi connectivity index (χ4v) is 2.62. The Morgan fingerprint density at radius 2 is 2.00 bits per heavy atom. The quantitative estimate of drug-likeness (QED) is 0.705. The van der Waals surface area contributed by atoms with Crippen LogP contribution in [0, 0.1) is 6.92 Å². The molecular weight excluding hydrogens is 248 g/mol. The van der Waals surface area contributed by atoms with Gasteiger partial charge >= 0.3 is 0 Å². The van der Waals surface area contributed by atoms with Crippen LogP contribution in [0.4, 0.5) is 0 Å². The second-order valence-corrected chi connectivity index (χ2v) is 4.85. The molecule has 0 fully saturated rings. The second-order valence-electron chi connectivity index (χ2n) is 2.80. The third kappa shape index (κ3) is 1.42. The van der Waals surface area contributed by atoms with Gasteiger partial charge in [0.25, 0.3) is 0 Å². The summed E-state index contributed by atoms with van der Waals surface area (Å²) in [5.41, 5.74) is 0.0897. The van der Waals surface area contributed by atoms with Crippen molar-refractivity contribution in [1.82, 2.24) is 0 Å². The van der Waals surface area contributed by atoms with Crippen molar-refractivity contribution in [3.05, 3.63) is 43.8 Å². The third-order valence-electron chi connectivity index (χ3n) is 1.90. The smallest absolute Gasteiger partial charge is 0.202 e. The first-order chi connectivity index (χ1) is 6.20. The zero-order valence-electron chi connectivity index (χ0n) is 7.00. The molecule has 0 saturated carbocycles. The largest absolute Gasteiger partial charge is 0.288 e. The van der Waals surface area contributed by atoms with Crippen molar-refractivity contribution in [2.45, 2.75) is 6.92 Å². The van der Waals surface area contributed by atoms with E-state index < -0.39 is 0 Å². The second kappa shape index (κ2) is 3.24. The normalized spacial score (nSPS) is 10.6. The van der Waals surface area contributed by atoms with Gasteiger partial charge in [-0.15, -0.1) is 11.3 Å². The summed E-state index contributed by atoms with van der Waals surface area (Å²) >= 11 is 4.93. The maximum atomic E-state index is 11.7. The lowest BCUT2D eigenvalue weighted by Crippen LogP contribution is -2.02. The maximum absolute atomic E-state index is 11.7. The Morgan fingerprint density at radius 3 is 2.77 bits per heavy atom. The summed E-state index contributed by atoms with van der Waals surface area (Å²) in [6.07, 6.45) is 0. The molecule has 0 aliphatic heterocycles. The Bertz CT molecular complexity index is 516. The van der Waals surface area contributed by atoms with Crippen molar-refractivity contribution < 1.29 is 0 Å². The van der Waals surface area contributed by atoms with Crippen molar-refractivity contribution >= 4 is 37.4 Å². The molecule has 0 spiro atoms. The predicted molar refractivity (Wildman–Crippen MR) is 60.5 cm³/mol. The van der Waals surface area contributed by atoms with Gasteiger partial charge < -0.3 is 0 Å². The minimum Gasteiger partial charge on any atom is -0.288 e. The van der Waals surface area contributed by atoms with Crippen molar-refractivity contribution in [2.75, 3.05) is 0 Å². The number of rotatable bonds is 0. The highest BCUT2D eigenvalue weighted by atomic mass is 79.9. The Balaban J connectivity index is 3.03. The number of halogens is 1. The maximum Gasteiger partial charge on any atom is 0.202 e. The Hall–Kier alpha value is -0.670. The highest BCUT2D eigenvalue weighted by Gasteiger charge is 2.05. The summed E-state index contributed by atoms with van der Waals surface area (Å²) in [6, 6.07) is 7.67. The lowest BCUT2D eigenvalue weighted by Gasteiger charge is -1.99. The van der Waals surface area contributed by atoms with E-state index in [2.05, 4.69) is 15.9 Å². The van der Waals surface area contributed by atoms with Crippen LogP contribution in [0.5, 0.6) is 0 Å². The van der Waals surface area contributed by atoms with Gasteiger partial charge in [-0.3, -0.25) is 4.79 Å². The molecule has 2 aromatic rings. The molecule has 1 aromatic carbocycles. The van der Waals surface area contributed by atoms with E-state index in [0.717, 1.165) is 15.0 Å². The van der Waals surface area contributed by atoms with Crippen LogP contribution in [0.15, 0.2) is 33.5 Å². The molecule has 0 saturated heterocycles. The fourth-order valence-electron chi connectivity index (χ4n) is 1.23. The van der Waals surface area contributed by atoms with Crippen molar-refractivity contribution in [2.24, 2.45) is 0 Å². The number of fused-ring (bicyclic) bond motifs is 1. The van der Waals surface area contributed by atoms with E-state index in [-0.39, 0.29) is 5.43 Å². The summed E-state index contributed by atoms with van der Waals surface area (Å²) in [7, 11) is 0. The SMILES string of the molecule is Cc1sc2ccccc2c(=O)c1Br. The standard InChI is InChI=1S/C10H7BrOS/c1-6-9(11)10(12)7-4-2-3-5-8(7)13-6/h2-5H,1H3. The average Bonchev–Trinajstić information content (AvgIpc) is 2.15. The monoisotopic (exact) mass is 254 g/mol. The van der Waals surface area contributed by atoms with E-state index in [0.29, 0.717) is 4.47 Å². The molecule has 1 aromatic heterocycles. The van der Waals surface area contributed by atoms with Gasteiger partial charge in [0.2, 0.25) is 5.43 Å².